The van der Waals surface area contributed by atoms with E-state index in [4.69, 9.17) is 4.74 Å². The molecule has 3 aromatic rings. The van der Waals surface area contributed by atoms with Crippen molar-refractivity contribution in [3.05, 3.63) is 88.9 Å². The number of rotatable bonds is 9. The van der Waals surface area contributed by atoms with E-state index in [1.165, 1.54) is 4.31 Å². The molecule has 0 aliphatic rings. The fourth-order valence-corrected chi connectivity index (χ4v) is 5.12. The van der Waals surface area contributed by atoms with Crippen molar-refractivity contribution < 1.29 is 17.9 Å². The molecule has 0 radical (unpaired) electrons. The number of hydrogen-bond donors (Lipinski definition) is 1. The minimum Gasteiger partial charge on any atom is -0.484 e. The first-order valence-corrected chi connectivity index (χ1v) is 12.4. The quantitative estimate of drug-likeness (QED) is 0.437. The number of nitrogens with zero attached hydrogens (tertiary/aromatic N) is 1. The van der Waals surface area contributed by atoms with Crippen molar-refractivity contribution in [3.8, 4) is 5.75 Å². The Kier molecular flexibility index (Phi) is 7.93. The maximum atomic E-state index is 12.9. The molecule has 0 aliphatic heterocycles. The average Bonchev–Trinajstić information content (AvgIpc) is 2.79. The summed E-state index contributed by atoms with van der Waals surface area (Å²) in [7, 11) is -3.66. The van der Waals surface area contributed by atoms with E-state index in [-0.39, 0.29) is 30.0 Å². The van der Waals surface area contributed by atoms with Crippen LogP contribution in [-0.4, -0.2) is 27.5 Å². The Hall–Kier alpha value is -2.84. The van der Waals surface area contributed by atoms with E-state index in [0.29, 0.717) is 11.4 Å². The van der Waals surface area contributed by atoms with Crippen molar-refractivity contribution in [2.24, 2.45) is 0 Å². The molecule has 6 nitrogen and oxygen atoms in total. The maximum Gasteiger partial charge on any atom is 0.264 e. The topological polar surface area (TPSA) is 75.7 Å². The highest BCUT2D eigenvalue weighted by molar-refractivity contribution is 9.10. The Balaban J connectivity index is 1.61. The molecule has 0 spiro atoms. The highest BCUT2D eigenvalue weighted by Crippen LogP contribution is 2.25. The van der Waals surface area contributed by atoms with Gasteiger partial charge in [-0.3, -0.25) is 9.10 Å². The first-order valence-electron chi connectivity index (χ1n) is 10.2. The number of ether oxygens (including phenoxy) is 1. The molecule has 0 bridgehead atoms. The van der Waals surface area contributed by atoms with Crippen LogP contribution < -0.4 is 14.4 Å². The van der Waals surface area contributed by atoms with Gasteiger partial charge in [-0.25, -0.2) is 8.42 Å². The van der Waals surface area contributed by atoms with Crippen LogP contribution in [-0.2, 0) is 14.8 Å². The van der Waals surface area contributed by atoms with E-state index < -0.39 is 10.0 Å². The van der Waals surface area contributed by atoms with Crippen LogP contribution in [0.15, 0.2) is 88.2 Å². The monoisotopic (exact) mass is 516 g/mol. The van der Waals surface area contributed by atoms with E-state index >= 15 is 0 Å². The van der Waals surface area contributed by atoms with Crippen molar-refractivity contribution in [2.45, 2.75) is 24.8 Å². The predicted octanol–water partition coefficient (Wildman–Crippen LogP) is 4.92. The summed E-state index contributed by atoms with van der Waals surface area (Å²) < 4.78 is 33.7. The number of hydrogen-bond acceptors (Lipinski definition) is 4. The van der Waals surface area contributed by atoms with Gasteiger partial charge in [-0.05, 0) is 67.9 Å². The summed E-state index contributed by atoms with van der Waals surface area (Å²) in [6, 6.07) is 22.5. The number of carbonyl (C=O) groups excluding carboxylic acids is 1. The zero-order valence-electron chi connectivity index (χ0n) is 17.9. The summed E-state index contributed by atoms with van der Waals surface area (Å²) in [6.45, 7) is 3.83. The van der Waals surface area contributed by atoms with Crippen molar-refractivity contribution in [1.82, 2.24) is 5.32 Å². The average molecular weight is 517 g/mol. The lowest BCUT2D eigenvalue weighted by molar-refractivity contribution is -0.123. The van der Waals surface area contributed by atoms with Crippen molar-refractivity contribution in [1.29, 1.82) is 0 Å². The number of carbonyl (C=O) groups is 1. The minimum atomic E-state index is -3.66. The van der Waals surface area contributed by atoms with Gasteiger partial charge in [0.05, 0.1) is 16.6 Å². The first-order chi connectivity index (χ1) is 15.3. The molecule has 3 aromatic carbocycles. The highest BCUT2D eigenvalue weighted by Gasteiger charge is 2.23. The van der Waals surface area contributed by atoms with Gasteiger partial charge in [0.15, 0.2) is 6.61 Å². The van der Waals surface area contributed by atoms with Gasteiger partial charge >= 0.3 is 0 Å². The number of anilines is 1. The molecule has 3 rings (SSSR count). The minimum absolute atomic E-state index is 0.141. The molecule has 0 aliphatic carbocycles. The molecule has 1 atom stereocenters. The summed E-state index contributed by atoms with van der Waals surface area (Å²) in [6.07, 6.45) is 0. The Labute approximate surface area is 197 Å². The first kappa shape index (κ1) is 23.8. The second-order valence-electron chi connectivity index (χ2n) is 7.11. The molecule has 0 unspecified atom stereocenters. The molecule has 0 saturated carbocycles. The third-order valence-corrected chi connectivity index (χ3v) is 7.25. The van der Waals surface area contributed by atoms with Crippen molar-refractivity contribution >= 4 is 37.5 Å². The standard InChI is InChI=1S/C24H25BrN2O4S/c1-3-27(32(29,30)23-10-5-4-6-11-23)21-12-14-22(15-13-21)31-17-24(28)26-18(2)19-8-7-9-20(25)16-19/h4-16,18H,3,17H2,1-2H3,(H,26,28)/t18-/m1/s1. The molecule has 0 aromatic heterocycles. The summed E-state index contributed by atoms with van der Waals surface area (Å²) in [5.41, 5.74) is 1.51. The zero-order valence-corrected chi connectivity index (χ0v) is 20.3. The molecule has 168 valence electrons. The third-order valence-electron chi connectivity index (χ3n) is 4.84. The SMILES string of the molecule is CCN(c1ccc(OCC(=O)N[C@H](C)c2cccc(Br)c2)cc1)S(=O)(=O)c1ccccc1. The highest BCUT2D eigenvalue weighted by atomic mass is 79.9. The normalized spacial score (nSPS) is 12.1. The van der Waals surface area contributed by atoms with E-state index in [2.05, 4.69) is 21.2 Å². The lowest BCUT2D eigenvalue weighted by Gasteiger charge is -2.23. The molecular weight excluding hydrogens is 492 g/mol. The Morgan fingerprint density at radius 1 is 1.03 bits per heavy atom. The Bertz CT molecular complexity index is 1150. The molecule has 1 amide bonds. The fourth-order valence-electron chi connectivity index (χ4n) is 3.21. The van der Waals surface area contributed by atoms with E-state index in [1.54, 1.807) is 61.5 Å². The number of halogens is 1. The molecule has 8 heteroatoms. The van der Waals surface area contributed by atoms with Crippen molar-refractivity contribution in [2.75, 3.05) is 17.5 Å². The van der Waals surface area contributed by atoms with E-state index in [0.717, 1.165) is 10.0 Å². The van der Waals surface area contributed by atoms with Gasteiger partial charge in [0.2, 0.25) is 0 Å². The predicted molar refractivity (Wildman–Crippen MR) is 129 cm³/mol. The largest absolute Gasteiger partial charge is 0.484 e. The summed E-state index contributed by atoms with van der Waals surface area (Å²) in [4.78, 5) is 12.5. The van der Waals surface area contributed by atoms with Crippen LogP contribution >= 0.6 is 15.9 Å². The van der Waals surface area contributed by atoms with Crippen LogP contribution in [0.3, 0.4) is 0 Å². The zero-order chi connectivity index (χ0) is 23.1. The van der Waals surface area contributed by atoms with Crippen LogP contribution in [0, 0.1) is 0 Å². The second kappa shape index (κ2) is 10.7. The van der Waals surface area contributed by atoms with Crippen LogP contribution in [0.25, 0.3) is 0 Å². The third kappa shape index (κ3) is 5.89. The molecule has 0 saturated heterocycles. The van der Waals surface area contributed by atoms with E-state index in [1.807, 2.05) is 31.2 Å². The van der Waals surface area contributed by atoms with E-state index in [9.17, 15) is 13.2 Å². The number of amides is 1. The van der Waals surface area contributed by atoms with Crippen LogP contribution in [0.4, 0.5) is 5.69 Å². The van der Waals surface area contributed by atoms with Crippen molar-refractivity contribution in [3.63, 3.8) is 0 Å². The summed E-state index contributed by atoms with van der Waals surface area (Å²) in [5, 5.41) is 2.90. The molecule has 0 fully saturated rings. The Morgan fingerprint density at radius 3 is 2.34 bits per heavy atom. The molecular formula is C24H25BrN2O4S. The number of sulfonamides is 1. The summed E-state index contributed by atoms with van der Waals surface area (Å²) in [5.74, 6) is 0.232. The van der Waals surface area contributed by atoms with Gasteiger partial charge in [-0.2, -0.15) is 0 Å². The Morgan fingerprint density at radius 2 is 1.72 bits per heavy atom. The van der Waals surface area contributed by atoms with Crippen LogP contribution in [0.5, 0.6) is 5.75 Å². The molecule has 1 N–H and O–H groups in total. The van der Waals surface area contributed by atoms with Gasteiger partial charge in [-0.15, -0.1) is 0 Å². The molecule has 0 heterocycles. The smallest absolute Gasteiger partial charge is 0.264 e. The van der Waals surface area contributed by atoms with Crippen LogP contribution in [0.2, 0.25) is 0 Å². The van der Waals surface area contributed by atoms with Gasteiger partial charge in [0.1, 0.15) is 5.75 Å². The molecule has 32 heavy (non-hydrogen) atoms. The number of benzene rings is 3. The summed E-state index contributed by atoms with van der Waals surface area (Å²) >= 11 is 3.43. The fraction of sp³-hybridized carbons (Fsp3) is 0.208. The van der Waals surface area contributed by atoms with Crippen LogP contribution in [0.1, 0.15) is 25.5 Å². The lowest BCUT2D eigenvalue weighted by atomic mass is 10.1. The lowest BCUT2D eigenvalue weighted by Crippen LogP contribution is -2.31. The second-order valence-corrected chi connectivity index (χ2v) is 9.89. The van der Waals surface area contributed by atoms with Gasteiger partial charge < -0.3 is 10.1 Å². The maximum absolute atomic E-state index is 12.9. The number of nitrogens with one attached hydrogen (secondary N) is 1. The van der Waals surface area contributed by atoms with Gasteiger partial charge in [0, 0.05) is 11.0 Å². The van der Waals surface area contributed by atoms with Gasteiger partial charge in [-0.1, -0.05) is 46.3 Å². The van der Waals surface area contributed by atoms with Gasteiger partial charge in [0.25, 0.3) is 15.9 Å².